The van der Waals surface area contributed by atoms with E-state index in [1.165, 1.54) is 0 Å². The lowest BCUT2D eigenvalue weighted by atomic mass is 10.0. The maximum absolute atomic E-state index is 12.3. The molecule has 0 saturated heterocycles. The molecule has 1 aromatic rings. The summed E-state index contributed by atoms with van der Waals surface area (Å²) in [4.78, 5) is 16.4. The highest BCUT2D eigenvalue weighted by Gasteiger charge is 2.64. The van der Waals surface area contributed by atoms with Crippen molar-refractivity contribution in [1.82, 2.24) is 10.3 Å². The quantitative estimate of drug-likeness (QED) is 0.833. The summed E-state index contributed by atoms with van der Waals surface area (Å²) in [5.74, 6) is 5.56. The van der Waals surface area contributed by atoms with Crippen molar-refractivity contribution in [3.63, 3.8) is 0 Å². The van der Waals surface area contributed by atoms with E-state index in [9.17, 15) is 4.79 Å². The van der Waals surface area contributed by atoms with Gasteiger partial charge < -0.3 is 10.4 Å². The molecule has 0 unspecified atom stereocenters. The summed E-state index contributed by atoms with van der Waals surface area (Å²) in [6.45, 7) is 9.31. The molecule has 1 fully saturated rings. The first kappa shape index (κ1) is 15.5. The molecule has 112 valence electrons. The second kappa shape index (κ2) is 5.50. The number of rotatable bonds is 3. The van der Waals surface area contributed by atoms with Gasteiger partial charge in [-0.25, -0.2) is 4.98 Å². The fourth-order valence-corrected chi connectivity index (χ4v) is 2.94. The predicted molar refractivity (Wildman–Crippen MR) is 81.6 cm³/mol. The standard InChI is InChI=1S/C17H22N2O2/c1-16(2)13(17(16,3)4)11-19-15(21)14-12(8-6-10-20)7-5-9-18-14/h5,7,9,13,20H,10-11H2,1-4H3,(H,19,21). The third-order valence-electron chi connectivity index (χ3n) is 5.11. The average molecular weight is 286 g/mol. The molecule has 1 saturated carbocycles. The molecular formula is C17H22N2O2. The van der Waals surface area contributed by atoms with E-state index < -0.39 is 0 Å². The normalized spacial score (nSPS) is 18.5. The van der Waals surface area contributed by atoms with E-state index in [1.54, 1.807) is 18.3 Å². The van der Waals surface area contributed by atoms with Crippen LogP contribution in [0.25, 0.3) is 0 Å². The van der Waals surface area contributed by atoms with Gasteiger partial charge in [-0.05, 0) is 28.9 Å². The summed E-state index contributed by atoms with van der Waals surface area (Å²) in [6.07, 6.45) is 1.57. The summed E-state index contributed by atoms with van der Waals surface area (Å²) in [5.41, 5.74) is 1.33. The summed E-state index contributed by atoms with van der Waals surface area (Å²) in [7, 11) is 0. The molecule has 1 heterocycles. The monoisotopic (exact) mass is 286 g/mol. The Balaban J connectivity index is 2.05. The molecule has 2 N–H and O–H groups in total. The molecule has 21 heavy (non-hydrogen) atoms. The number of amides is 1. The number of hydrogen-bond acceptors (Lipinski definition) is 3. The summed E-state index contributed by atoms with van der Waals surface area (Å²) >= 11 is 0. The Morgan fingerprint density at radius 1 is 1.38 bits per heavy atom. The van der Waals surface area contributed by atoms with Crippen molar-refractivity contribution in [3.8, 4) is 11.8 Å². The van der Waals surface area contributed by atoms with Gasteiger partial charge in [0, 0.05) is 12.7 Å². The second-order valence-electron chi connectivity index (χ2n) is 6.57. The van der Waals surface area contributed by atoms with Crippen LogP contribution in [0.2, 0.25) is 0 Å². The molecule has 0 spiro atoms. The molecule has 1 aliphatic rings. The van der Waals surface area contributed by atoms with E-state index in [0.29, 0.717) is 23.7 Å². The second-order valence-corrected chi connectivity index (χ2v) is 6.57. The Bertz CT molecular complexity index is 595. The number of carbonyl (C=O) groups excluding carboxylic acids is 1. The van der Waals surface area contributed by atoms with E-state index in [0.717, 1.165) is 0 Å². The minimum atomic E-state index is -0.236. The zero-order chi connectivity index (χ0) is 15.7. The molecule has 1 aromatic heterocycles. The molecule has 1 amide bonds. The van der Waals surface area contributed by atoms with E-state index in [2.05, 4.69) is 49.8 Å². The van der Waals surface area contributed by atoms with Crippen LogP contribution in [0.1, 0.15) is 43.7 Å². The lowest BCUT2D eigenvalue weighted by Crippen LogP contribution is -2.28. The Hall–Kier alpha value is -1.86. The topological polar surface area (TPSA) is 62.2 Å². The van der Waals surface area contributed by atoms with Crippen molar-refractivity contribution in [2.75, 3.05) is 13.2 Å². The van der Waals surface area contributed by atoms with Crippen LogP contribution in [-0.4, -0.2) is 29.1 Å². The highest BCUT2D eigenvalue weighted by molar-refractivity contribution is 5.94. The minimum absolute atomic E-state index is 0.212. The third-order valence-corrected chi connectivity index (χ3v) is 5.11. The first-order valence-electron chi connectivity index (χ1n) is 7.15. The van der Waals surface area contributed by atoms with Crippen LogP contribution >= 0.6 is 0 Å². The van der Waals surface area contributed by atoms with Gasteiger partial charge in [0.1, 0.15) is 12.3 Å². The van der Waals surface area contributed by atoms with Crippen molar-refractivity contribution in [2.24, 2.45) is 16.7 Å². The molecule has 0 bridgehead atoms. The maximum atomic E-state index is 12.3. The number of nitrogens with one attached hydrogen (secondary N) is 1. The Morgan fingerprint density at radius 2 is 2.05 bits per heavy atom. The van der Waals surface area contributed by atoms with Gasteiger partial charge in [-0.3, -0.25) is 4.79 Å². The molecular weight excluding hydrogens is 264 g/mol. The van der Waals surface area contributed by atoms with Gasteiger partial charge in [0.15, 0.2) is 0 Å². The van der Waals surface area contributed by atoms with Gasteiger partial charge in [0.2, 0.25) is 0 Å². The molecule has 4 heteroatoms. The molecule has 1 aliphatic carbocycles. The van der Waals surface area contributed by atoms with Crippen LogP contribution in [0, 0.1) is 28.6 Å². The fraction of sp³-hybridized carbons (Fsp3) is 0.529. The average Bonchev–Trinajstić information content (AvgIpc) is 2.84. The number of nitrogens with zero attached hydrogens (tertiary/aromatic N) is 1. The zero-order valence-electron chi connectivity index (χ0n) is 13.0. The fourth-order valence-electron chi connectivity index (χ4n) is 2.94. The van der Waals surface area contributed by atoms with Gasteiger partial charge in [-0.2, -0.15) is 0 Å². The first-order chi connectivity index (χ1) is 9.82. The van der Waals surface area contributed by atoms with Crippen LogP contribution in [0.15, 0.2) is 18.3 Å². The van der Waals surface area contributed by atoms with Gasteiger partial charge in [-0.15, -0.1) is 0 Å². The summed E-state index contributed by atoms with van der Waals surface area (Å²) < 4.78 is 0. The predicted octanol–water partition coefficient (Wildman–Crippen LogP) is 1.84. The van der Waals surface area contributed by atoms with Gasteiger partial charge in [0.25, 0.3) is 5.91 Å². The number of aliphatic hydroxyl groups is 1. The van der Waals surface area contributed by atoms with E-state index >= 15 is 0 Å². The van der Waals surface area contributed by atoms with Crippen molar-refractivity contribution in [3.05, 3.63) is 29.6 Å². The van der Waals surface area contributed by atoms with Crippen molar-refractivity contribution >= 4 is 5.91 Å². The highest BCUT2D eigenvalue weighted by atomic mass is 16.2. The molecule has 0 aliphatic heterocycles. The largest absolute Gasteiger partial charge is 0.384 e. The number of carbonyl (C=O) groups is 1. The molecule has 4 nitrogen and oxygen atoms in total. The Labute approximate surface area is 126 Å². The molecule has 0 radical (unpaired) electrons. The zero-order valence-corrected chi connectivity index (χ0v) is 13.0. The van der Waals surface area contributed by atoms with Crippen molar-refractivity contribution in [1.29, 1.82) is 0 Å². The highest BCUT2D eigenvalue weighted by Crippen LogP contribution is 2.67. The van der Waals surface area contributed by atoms with Crippen LogP contribution in [0.3, 0.4) is 0 Å². The first-order valence-corrected chi connectivity index (χ1v) is 7.15. The number of aliphatic hydroxyl groups excluding tert-OH is 1. The smallest absolute Gasteiger partial charge is 0.271 e. The number of pyridine rings is 1. The molecule has 2 rings (SSSR count). The lowest BCUT2D eigenvalue weighted by Gasteiger charge is -2.07. The summed E-state index contributed by atoms with van der Waals surface area (Å²) in [6, 6.07) is 3.46. The van der Waals surface area contributed by atoms with Crippen LogP contribution < -0.4 is 5.32 Å². The Kier molecular flexibility index (Phi) is 4.06. The van der Waals surface area contributed by atoms with Crippen LogP contribution in [0.5, 0.6) is 0 Å². The summed E-state index contributed by atoms with van der Waals surface area (Å²) in [5, 5.41) is 11.7. The molecule has 0 atom stereocenters. The minimum Gasteiger partial charge on any atom is -0.384 e. The van der Waals surface area contributed by atoms with Gasteiger partial charge >= 0.3 is 0 Å². The van der Waals surface area contributed by atoms with Crippen molar-refractivity contribution in [2.45, 2.75) is 27.7 Å². The van der Waals surface area contributed by atoms with Gasteiger partial charge in [0.05, 0.1) is 5.56 Å². The molecule has 0 aromatic carbocycles. The van der Waals surface area contributed by atoms with E-state index in [4.69, 9.17) is 5.11 Å². The van der Waals surface area contributed by atoms with E-state index in [1.807, 2.05) is 0 Å². The van der Waals surface area contributed by atoms with Crippen LogP contribution in [-0.2, 0) is 0 Å². The van der Waals surface area contributed by atoms with Crippen LogP contribution in [0.4, 0.5) is 0 Å². The number of aromatic nitrogens is 1. The van der Waals surface area contributed by atoms with Gasteiger partial charge in [-0.1, -0.05) is 39.5 Å². The Morgan fingerprint density at radius 3 is 2.62 bits per heavy atom. The van der Waals surface area contributed by atoms with Crippen molar-refractivity contribution < 1.29 is 9.90 Å². The SMILES string of the molecule is CC1(C)C(CNC(=O)c2ncccc2C#CCO)C1(C)C. The van der Waals surface area contributed by atoms with E-state index in [-0.39, 0.29) is 23.3 Å². The maximum Gasteiger partial charge on any atom is 0.271 e. The number of hydrogen-bond donors (Lipinski definition) is 2. The third kappa shape index (κ3) is 2.79. The lowest BCUT2D eigenvalue weighted by molar-refractivity contribution is 0.0944.